The van der Waals surface area contributed by atoms with E-state index in [4.69, 9.17) is 4.74 Å². The number of piperidine rings is 1. The van der Waals surface area contributed by atoms with E-state index in [1.165, 1.54) is 0 Å². The van der Waals surface area contributed by atoms with Crippen molar-refractivity contribution in [1.29, 1.82) is 0 Å². The van der Waals surface area contributed by atoms with Crippen molar-refractivity contribution in [2.24, 2.45) is 5.92 Å². The van der Waals surface area contributed by atoms with Gasteiger partial charge in [-0.25, -0.2) is 0 Å². The Bertz CT molecular complexity index is 970. The van der Waals surface area contributed by atoms with Gasteiger partial charge in [0.2, 0.25) is 11.8 Å². The SMILES string of the molecule is COc1cccc(C(=O)NC2CCN(C(=O)C3CC(=O)N(Cc4ccccc4)C3)CC2)c1. The number of nitrogens with one attached hydrogen (secondary N) is 1. The summed E-state index contributed by atoms with van der Waals surface area (Å²) >= 11 is 0. The fraction of sp³-hybridized carbons (Fsp3) is 0.400. The van der Waals surface area contributed by atoms with Gasteiger partial charge in [-0.1, -0.05) is 36.4 Å². The molecule has 0 aromatic heterocycles. The van der Waals surface area contributed by atoms with E-state index in [-0.39, 0.29) is 36.1 Å². The number of ether oxygens (including phenoxy) is 1. The highest BCUT2D eigenvalue weighted by molar-refractivity contribution is 5.94. The first-order chi connectivity index (χ1) is 15.5. The number of nitrogens with zero attached hydrogens (tertiary/aromatic N) is 2. The summed E-state index contributed by atoms with van der Waals surface area (Å²) in [5.41, 5.74) is 1.63. The Hall–Kier alpha value is -3.35. The zero-order chi connectivity index (χ0) is 22.5. The quantitative estimate of drug-likeness (QED) is 0.756. The molecule has 0 aliphatic carbocycles. The highest BCUT2D eigenvalue weighted by atomic mass is 16.5. The van der Waals surface area contributed by atoms with Crippen LogP contribution in [0.2, 0.25) is 0 Å². The van der Waals surface area contributed by atoms with Gasteiger partial charge >= 0.3 is 0 Å². The summed E-state index contributed by atoms with van der Waals surface area (Å²) in [6.07, 6.45) is 1.68. The third-order valence-electron chi connectivity index (χ3n) is 6.25. The molecule has 0 spiro atoms. The van der Waals surface area contributed by atoms with E-state index < -0.39 is 0 Å². The maximum absolute atomic E-state index is 13.0. The Morgan fingerprint density at radius 3 is 2.53 bits per heavy atom. The summed E-state index contributed by atoms with van der Waals surface area (Å²) in [5, 5.41) is 3.06. The number of rotatable bonds is 6. The fourth-order valence-electron chi connectivity index (χ4n) is 4.43. The highest BCUT2D eigenvalue weighted by Gasteiger charge is 2.37. The summed E-state index contributed by atoms with van der Waals surface area (Å²) < 4.78 is 5.18. The molecule has 4 rings (SSSR count). The van der Waals surface area contributed by atoms with Gasteiger partial charge in [0.05, 0.1) is 13.0 Å². The van der Waals surface area contributed by atoms with E-state index in [0.29, 0.717) is 50.3 Å². The van der Waals surface area contributed by atoms with Crippen LogP contribution in [0.1, 0.15) is 35.2 Å². The lowest BCUT2D eigenvalue weighted by Gasteiger charge is -2.33. The predicted octanol–water partition coefficient (Wildman–Crippen LogP) is 2.46. The Labute approximate surface area is 188 Å². The minimum atomic E-state index is -0.283. The molecule has 0 radical (unpaired) electrons. The first-order valence-electron chi connectivity index (χ1n) is 11.1. The van der Waals surface area contributed by atoms with E-state index in [9.17, 15) is 14.4 Å². The number of amides is 3. The first kappa shape index (κ1) is 21.9. The van der Waals surface area contributed by atoms with Gasteiger partial charge in [-0.05, 0) is 36.6 Å². The number of carbonyl (C=O) groups is 3. The molecule has 1 unspecified atom stereocenters. The van der Waals surface area contributed by atoms with Gasteiger partial charge in [0.15, 0.2) is 0 Å². The number of hydrogen-bond acceptors (Lipinski definition) is 4. The molecule has 0 bridgehead atoms. The van der Waals surface area contributed by atoms with Crippen molar-refractivity contribution < 1.29 is 19.1 Å². The average molecular weight is 436 g/mol. The van der Waals surface area contributed by atoms with E-state index in [1.54, 1.807) is 36.3 Å². The molecule has 3 amide bonds. The minimum absolute atomic E-state index is 0.0255. The summed E-state index contributed by atoms with van der Waals surface area (Å²) in [6, 6.07) is 16.9. The topological polar surface area (TPSA) is 79.0 Å². The number of methoxy groups -OCH3 is 1. The number of benzene rings is 2. The van der Waals surface area contributed by atoms with Crippen LogP contribution < -0.4 is 10.1 Å². The second kappa shape index (κ2) is 9.85. The lowest BCUT2D eigenvalue weighted by Crippen LogP contribution is -2.48. The Kier molecular flexibility index (Phi) is 6.73. The van der Waals surface area contributed by atoms with Crippen molar-refractivity contribution in [2.75, 3.05) is 26.7 Å². The predicted molar refractivity (Wildman–Crippen MR) is 120 cm³/mol. The summed E-state index contributed by atoms with van der Waals surface area (Å²) in [6.45, 7) is 2.19. The molecule has 32 heavy (non-hydrogen) atoms. The molecule has 2 aromatic carbocycles. The molecule has 2 aliphatic heterocycles. The monoisotopic (exact) mass is 435 g/mol. The molecule has 7 nitrogen and oxygen atoms in total. The van der Waals surface area contributed by atoms with Gasteiger partial charge in [0.25, 0.3) is 5.91 Å². The van der Waals surface area contributed by atoms with Crippen molar-refractivity contribution >= 4 is 17.7 Å². The van der Waals surface area contributed by atoms with Crippen LogP contribution in [0.25, 0.3) is 0 Å². The van der Waals surface area contributed by atoms with Gasteiger partial charge in [0, 0.05) is 44.2 Å². The zero-order valence-electron chi connectivity index (χ0n) is 18.3. The summed E-state index contributed by atoms with van der Waals surface area (Å²) in [7, 11) is 1.57. The van der Waals surface area contributed by atoms with Crippen molar-refractivity contribution in [2.45, 2.75) is 31.8 Å². The van der Waals surface area contributed by atoms with Crippen molar-refractivity contribution in [3.05, 3.63) is 65.7 Å². The van der Waals surface area contributed by atoms with E-state index in [0.717, 1.165) is 5.56 Å². The van der Waals surface area contributed by atoms with Crippen molar-refractivity contribution in [3.8, 4) is 5.75 Å². The van der Waals surface area contributed by atoms with Crippen molar-refractivity contribution in [3.63, 3.8) is 0 Å². The maximum Gasteiger partial charge on any atom is 0.251 e. The second-order valence-corrected chi connectivity index (χ2v) is 8.47. The normalized spacial score (nSPS) is 19.2. The molecular weight excluding hydrogens is 406 g/mol. The molecule has 2 aliphatic rings. The minimum Gasteiger partial charge on any atom is -0.497 e. The van der Waals surface area contributed by atoms with Crippen LogP contribution >= 0.6 is 0 Å². The Balaban J connectivity index is 1.26. The number of likely N-dealkylation sites (tertiary alicyclic amines) is 2. The lowest BCUT2D eigenvalue weighted by molar-refractivity contribution is -0.136. The van der Waals surface area contributed by atoms with Crippen LogP contribution in [0.15, 0.2) is 54.6 Å². The second-order valence-electron chi connectivity index (χ2n) is 8.47. The Morgan fingerprint density at radius 2 is 1.81 bits per heavy atom. The van der Waals surface area contributed by atoms with Crippen LogP contribution in [0.5, 0.6) is 5.75 Å². The van der Waals surface area contributed by atoms with Crippen LogP contribution in [0, 0.1) is 5.92 Å². The summed E-state index contributed by atoms with van der Waals surface area (Å²) in [5.74, 6) is 0.311. The van der Waals surface area contributed by atoms with Crippen LogP contribution in [0.3, 0.4) is 0 Å². The first-order valence-corrected chi connectivity index (χ1v) is 11.1. The van der Waals surface area contributed by atoms with Crippen molar-refractivity contribution in [1.82, 2.24) is 15.1 Å². The van der Waals surface area contributed by atoms with Gasteiger partial charge in [-0.15, -0.1) is 0 Å². The third-order valence-corrected chi connectivity index (χ3v) is 6.25. The van der Waals surface area contributed by atoms with Gasteiger partial charge < -0.3 is 19.9 Å². The van der Waals surface area contributed by atoms with Crippen LogP contribution in [-0.2, 0) is 16.1 Å². The number of carbonyl (C=O) groups excluding carboxylic acids is 3. The molecule has 2 heterocycles. The molecule has 2 saturated heterocycles. The average Bonchev–Trinajstić information content (AvgIpc) is 3.19. The molecule has 1 N–H and O–H groups in total. The highest BCUT2D eigenvalue weighted by Crippen LogP contribution is 2.24. The molecule has 2 aromatic rings. The number of hydrogen-bond donors (Lipinski definition) is 1. The smallest absolute Gasteiger partial charge is 0.251 e. The van der Waals surface area contributed by atoms with Gasteiger partial charge in [-0.3, -0.25) is 14.4 Å². The molecule has 2 fully saturated rings. The molecule has 0 saturated carbocycles. The van der Waals surface area contributed by atoms with Gasteiger partial charge in [0.1, 0.15) is 5.75 Å². The van der Waals surface area contributed by atoms with Crippen LogP contribution in [0.4, 0.5) is 0 Å². The molecular formula is C25H29N3O4. The third kappa shape index (κ3) is 5.10. The molecule has 168 valence electrons. The Morgan fingerprint density at radius 1 is 1.06 bits per heavy atom. The lowest BCUT2D eigenvalue weighted by atomic mass is 10.0. The van der Waals surface area contributed by atoms with Crippen LogP contribution in [-0.4, -0.2) is 60.3 Å². The molecule has 1 atom stereocenters. The van der Waals surface area contributed by atoms with E-state index >= 15 is 0 Å². The van der Waals surface area contributed by atoms with E-state index in [2.05, 4.69) is 5.32 Å². The van der Waals surface area contributed by atoms with Gasteiger partial charge in [-0.2, -0.15) is 0 Å². The standard InChI is InChI=1S/C25H29N3O4/c1-32-22-9-5-8-19(14-22)24(30)26-21-10-12-27(13-11-21)25(31)20-15-23(29)28(17-20)16-18-6-3-2-4-7-18/h2-9,14,20-21H,10-13,15-17H2,1H3,(H,26,30). The fourth-order valence-corrected chi connectivity index (χ4v) is 4.43. The zero-order valence-corrected chi connectivity index (χ0v) is 18.3. The maximum atomic E-state index is 13.0. The largest absolute Gasteiger partial charge is 0.497 e. The molecule has 7 heteroatoms. The summed E-state index contributed by atoms with van der Waals surface area (Å²) in [4.78, 5) is 41.6. The van der Waals surface area contributed by atoms with E-state index in [1.807, 2.05) is 35.2 Å².